The Morgan fingerprint density at radius 1 is 1.40 bits per heavy atom. The molecule has 0 aliphatic heterocycles. The zero-order valence-electron chi connectivity index (χ0n) is 10.8. The number of aromatic nitrogens is 2. The summed E-state index contributed by atoms with van der Waals surface area (Å²) in [5, 5.41) is 2.88. The first-order valence-corrected chi connectivity index (χ1v) is 6.86. The van der Waals surface area contributed by atoms with Gasteiger partial charge in [-0.05, 0) is 33.6 Å². The zero-order chi connectivity index (χ0) is 14.1. The lowest BCUT2D eigenvalue weighted by Gasteiger charge is -2.06. The van der Waals surface area contributed by atoms with Crippen molar-refractivity contribution in [2.24, 2.45) is 7.05 Å². The van der Waals surface area contributed by atoms with E-state index in [1.54, 1.807) is 18.5 Å². The first-order chi connectivity index (χ1) is 9.65. The van der Waals surface area contributed by atoms with Crippen LogP contribution in [0.4, 0.5) is 0 Å². The SMILES string of the molecule is Cn1c(C(=O)NCc2ccncc2)cc2oc(Br)cc21. The second-order valence-corrected chi connectivity index (χ2v) is 5.21. The number of fused-ring (bicyclic) bond motifs is 1. The molecule has 3 aromatic rings. The van der Waals surface area contributed by atoms with E-state index in [-0.39, 0.29) is 5.91 Å². The number of halogens is 1. The summed E-state index contributed by atoms with van der Waals surface area (Å²) in [6, 6.07) is 7.32. The van der Waals surface area contributed by atoms with Gasteiger partial charge in [0, 0.05) is 38.1 Å². The summed E-state index contributed by atoms with van der Waals surface area (Å²) in [6.07, 6.45) is 3.41. The van der Waals surface area contributed by atoms with Gasteiger partial charge in [-0.1, -0.05) is 0 Å². The Morgan fingerprint density at radius 2 is 2.15 bits per heavy atom. The highest BCUT2D eigenvalue weighted by Crippen LogP contribution is 2.26. The maximum atomic E-state index is 12.2. The van der Waals surface area contributed by atoms with E-state index >= 15 is 0 Å². The van der Waals surface area contributed by atoms with E-state index in [1.807, 2.05) is 29.8 Å². The van der Waals surface area contributed by atoms with Crippen LogP contribution < -0.4 is 5.32 Å². The van der Waals surface area contributed by atoms with Gasteiger partial charge in [0.25, 0.3) is 5.91 Å². The van der Waals surface area contributed by atoms with Crippen LogP contribution in [0.25, 0.3) is 11.1 Å². The number of hydrogen-bond donors (Lipinski definition) is 1. The number of carbonyl (C=O) groups is 1. The molecule has 0 aliphatic carbocycles. The van der Waals surface area contributed by atoms with Crippen molar-refractivity contribution in [1.82, 2.24) is 14.9 Å². The van der Waals surface area contributed by atoms with E-state index in [4.69, 9.17) is 4.42 Å². The van der Waals surface area contributed by atoms with Gasteiger partial charge in [0.1, 0.15) is 5.69 Å². The summed E-state index contributed by atoms with van der Waals surface area (Å²) in [6.45, 7) is 0.470. The lowest BCUT2D eigenvalue weighted by molar-refractivity contribution is 0.0943. The Hall–Kier alpha value is -2.08. The molecule has 3 heterocycles. The van der Waals surface area contributed by atoms with Crippen LogP contribution in [0.2, 0.25) is 0 Å². The lowest BCUT2D eigenvalue weighted by Crippen LogP contribution is -2.24. The topological polar surface area (TPSA) is 60.1 Å². The van der Waals surface area contributed by atoms with Crippen LogP contribution in [0.1, 0.15) is 16.1 Å². The smallest absolute Gasteiger partial charge is 0.268 e. The number of nitrogens with one attached hydrogen (secondary N) is 1. The van der Waals surface area contributed by atoms with Crippen LogP contribution in [-0.2, 0) is 13.6 Å². The van der Waals surface area contributed by atoms with Gasteiger partial charge in [-0.3, -0.25) is 9.78 Å². The predicted octanol–water partition coefficient (Wildman–Crippen LogP) is 2.86. The third-order valence-corrected chi connectivity index (χ3v) is 3.53. The Morgan fingerprint density at radius 3 is 2.85 bits per heavy atom. The van der Waals surface area contributed by atoms with Crippen molar-refractivity contribution in [3.8, 4) is 0 Å². The minimum Gasteiger partial charge on any atom is -0.448 e. The molecular weight excluding hydrogens is 322 g/mol. The zero-order valence-corrected chi connectivity index (χ0v) is 12.3. The average Bonchev–Trinajstić information content (AvgIpc) is 2.96. The lowest BCUT2D eigenvalue weighted by atomic mass is 10.2. The highest BCUT2D eigenvalue weighted by atomic mass is 79.9. The fourth-order valence-electron chi connectivity index (χ4n) is 2.07. The molecule has 20 heavy (non-hydrogen) atoms. The maximum Gasteiger partial charge on any atom is 0.268 e. The van der Waals surface area contributed by atoms with E-state index in [9.17, 15) is 4.79 Å². The fraction of sp³-hybridized carbons (Fsp3) is 0.143. The van der Waals surface area contributed by atoms with Gasteiger partial charge in [0.2, 0.25) is 0 Å². The summed E-state index contributed by atoms with van der Waals surface area (Å²) in [4.78, 5) is 16.1. The summed E-state index contributed by atoms with van der Waals surface area (Å²) >= 11 is 3.27. The molecule has 0 atom stereocenters. The highest BCUT2D eigenvalue weighted by Gasteiger charge is 2.16. The van der Waals surface area contributed by atoms with Crippen molar-refractivity contribution in [2.45, 2.75) is 6.54 Å². The molecule has 1 N–H and O–H groups in total. The summed E-state index contributed by atoms with van der Waals surface area (Å²) < 4.78 is 7.92. The third-order valence-electron chi connectivity index (χ3n) is 3.14. The van der Waals surface area contributed by atoms with Crippen LogP contribution in [0.5, 0.6) is 0 Å². The van der Waals surface area contributed by atoms with Crippen molar-refractivity contribution in [3.63, 3.8) is 0 Å². The summed E-state index contributed by atoms with van der Waals surface area (Å²) in [7, 11) is 1.84. The molecule has 0 radical (unpaired) electrons. The molecule has 0 bridgehead atoms. The first-order valence-electron chi connectivity index (χ1n) is 6.07. The standard InChI is InChI=1S/C14H12BrN3O2/c1-18-10-7-13(15)20-12(10)6-11(18)14(19)17-8-9-2-4-16-5-3-9/h2-7H,8H2,1H3,(H,17,19). The molecule has 3 aromatic heterocycles. The van der Waals surface area contributed by atoms with Crippen molar-refractivity contribution in [2.75, 3.05) is 0 Å². The molecule has 1 amide bonds. The molecule has 0 saturated heterocycles. The second-order valence-electron chi connectivity index (χ2n) is 4.43. The number of nitrogens with zero attached hydrogens (tertiary/aromatic N) is 2. The van der Waals surface area contributed by atoms with Crippen LogP contribution in [0.3, 0.4) is 0 Å². The van der Waals surface area contributed by atoms with Crippen LogP contribution >= 0.6 is 15.9 Å². The van der Waals surface area contributed by atoms with E-state index in [2.05, 4.69) is 26.2 Å². The number of pyridine rings is 1. The van der Waals surface area contributed by atoms with Gasteiger partial charge in [-0.2, -0.15) is 0 Å². The Labute approximate surface area is 123 Å². The van der Waals surface area contributed by atoms with Crippen LogP contribution in [0.15, 0.2) is 45.7 Å². The van der Waals surface area contributed by atoms with Crippen molar-refractivity contribution < 1.29 is 9.21 Å². The number of rotatable bonds is 3. The Balaban J connectivity index is 1.79. The van der Waals surface area contributed by atoms with E-state index in [0.717, 1.165) is 11.1 Å². The van der Waals surface area contributed by atoms with Crippen molar-refractivity contribution in [1.29, 1.82) is 0 Å². The highest BCUT2D eigenvalue weighted by molar-refractivity contribution is 9.10. The average molecular weight is 334 g/mol. The van der Waals surface area contributed by atoms with Gasteiger partial charge in [-0.15, -0.1) is 0 Å². The minimum absolute atomic E-state index is 0.133. The minimum atomic E-state index is -0.133. The third kappa shape index (κ3) is 2.34. The number of aryl methyl sites for hydroxylation is 1. The van der Waals surface area contributed by atoms with Crippen LogP contribution in [-0.4, -0.2) is 15.5 Å². The van der Waals surface area contributed by atoms with Crippen molar-refractivity contribution >= 4 is 32.9 Å². The molecule has 102 valence electrons. The van der Waals surface area contributed by atoms with Gasteiger partial charge in [0.15, 0.2) is 10.3 Å². The molecule has 0 unspecified atom stereocenters. The first kappa shape index (κ1) is 12.9. The second kappa shape index (κ2) is 5.13. The summed E-state index contributed by atoms with van der Waals surface area (Å²) in [5.41, 5.74) is 3.15. The molecule has 3 rings (SSSR count). The normalized spacial score (nSPS) is 10.9. The van der Waals surface area contributed by atoms with Crippen LogP contribution in [0, 0.1) is 0 Å². The molecule has 5 nitrogen and oxygen atoms in total. The predicted molar refractivity (Wildman–Crippen MR) is 78.3 cm³/mol. The fourth-order valence-corrected chi connectivity index (χ4v) is 2.46. The molecular formula is C14H12BrN3O2. The molecule has 0 fully saturated rings. The van der Waals surface area contributed by atoms with Crippen molar-refractivity contribution in [3.05, 3.63) is 52.6 Å². The molecule has 0 aliphatic rings. The van der Waals surface area contributed by atoms with Gasteiger partial charge >= 0.3 is 0 Å². The quantitative estimate of drug-likeness (QED) is 0.801. The number of furan rings is 1. The van der Waals surface area contributed by atoms with Gasteiger partial charge < -0.3 is 14.3 Å². The van der Waals surface area contributed by atoms with Gasteiger partial charge in [0.05, 0.1) is 5.52 Å². The molecule has 0 spiro atoms. The Kier molecular flexibility index (Phi) is 3.31. The molecule has 6 heteroatoms. The summed E-state index contributed by atoms with van der Waals surface area (Å²) in [5.74, 6) is -0.133. The molecule has 0 saturated carbocycles. The molecule has 0 aromatic carbocycles. The Bertz CT molecular complexity index is 761. The monoisotopic (exact) mass is 333 g/mol. The number of hydrogen-bond acceptors (Lipinski definition) is 3. The largest absolute Gasteiger partial charge is 0.448 e. The van der Waals surface area contributed by atoms with E-state index in [1.165, 1.54) is 0 Å². The number of carbonyl (C=O) groups excluding carboxylic acids is 1. The van der Waals surface area contributed by atoms with E-state index < -0.39 is 0 Å². The van der Waals surface area contributed by atoms with E-state index in [0.29, 0.717) is 22.5 Å². The number of amides is 1. The van der Waals surface area contributed by atoms with Gasteiger partial charge in [-0.25, -0.2) is 0 Å². The maximum absolute atomic E-state index is 12.2.